The van der Waals surface area contributed by atoms with Gasteiger partial charge in [-0.1, -0.05) is 19.1 Å². The van der Waals surface area contributed by atoms with Crippen LogP contribution < -0.4 is 15.5 Å². The molecule has 0 saturated carbocycles. The van der Waals surface area contributed by atoms with Crippen molar-refractivity contribution in [1.82, 2.24) is 4.98 Å². The van der Waals surface area contributed by atoms with Crippen LogP contribution >= 0.6 is 11.3 Å². The maximum atomic E-state index is 6.07. The van der Waals surface area contributed by atoms with E-state index in [0.29, 0.717) is 0 Å². The summed E-state index contributed by atoms with van der Waals surface area (Å²) in [5, 5.41) is 3.18. The van der Waals surface area contributed by atoms with E-state index in [4.69, 9.17) is 5.73 Å². The minimum Gasteiger partial charge on any atom is -0.368 e. The van der Waals surface area contributed by atoms with Gasteiger partial charge in [0.25, 0.3) is 0 Å². The number of anilines is 2. The Morgan fingerprint density at radius 3 is 2.38 bits per heavy atom. The van der Waals surface area contributed by atoms with Crippen molar-refractivity contribution in [2.75, 3.05) is 36.0 Å². The van der Waals surface area contributed by atoms with Crippen LogP contribution in [0.5, 0.6) is 0 Å². The van der Waals surface area contributed by atoms with Crippen LogP contribution in [0.2, 0.25) is 0 Å². The molecule has 0 aliphatic carbocycles. The van der Waals surface area contributed by atoms with Crippen LogP contribution in [-0.2, 0) is 0 Å². The second-order valence-electron chi connectivity index (χ2n) is 5.40. The van der Waals surface area contributed by atoms with E-state index in [1.54, 1.807) is 11.3 Å². The Hall–Kier alpha value is -1.59. The van der Waals surface area contributed by atoms with Crippen molar-refractivity contribution in [1.29, 1.82) is 0 Å². The molecular weight excluding hydrogens is 280 g/mol. The Morgan fingerprint density at radius 1 is 1.14 bits per heavy atom. The molecule has 1 fully saturated rings. The van der Waals surface area contributed by atoms with E-state index in [2.05, 4.69) is 46.0 Å². The van der Waals surface area contributed by atoms with Crippen molar-refractivity contribution in [2.24, 2.45) is 5.73 Å². The first-order valence-electron chi connectivity index (χ1n) is 7.53. The summed E-state index contributed by atoms with van der Waals surface area (Å²) in [5.41, 5.74) is 8.59. The minimum absolute atomic E-state index is 0.154. The van der Waals surface area contributed by atoms with Gasteiger partial charge in [0.2, 0.25) is 0 Å². The summed E-state index contributed by atoms with van der Waals surface area (Å²) in [6.45, 7) is 6.27. The first-order valence-corrected chi connectivity index (χ1v) is 8.41. The molecule has 1 aromatic heterocycles. The molecule has 2 heterocycles. The predicted molar refractivity (Wildman–Crippen MR) is 90.2 cm³/mol. The first-order chi connectivity index (χ1) is 10.3. The smallest absolute Gasteiger partial charge is 0.185 e. The normalized spacial score (nSPS) is 17.0. The van der Waals surface area contributed by atoms with Gasteiger partial charge in [-0.3, -0.25) is 0 Å². The molecule has 2 aromatic rings. The van der Waals surface area contributed by atoms with Crippen LogP contribution in [0.15, 0.2) is 35.8 Å². The fraction of sp³-hybridized carbons (Fsp3) is 0.438. The van der Waals surface area contributed by atoms with Crippen molar-refractivity contribution in [3.63, 3.8) is 0 Å². The number of thiazole rings is 1. The van der Waals surface area contributed by atoms with E-state index in [0.717, 1.165) is 37.7 Å². The third-order valence-electron chi connectivity index (χ3n) is 4.10. The van der Waals surface area contributed by atoms with Gasteiger partial charge in [0, 0.05) is 49.5 Å². The van der Waals surface area contributed by atoms with E-state index >= 15 is 0 Å². The maximum absolute atomic E-state index is 6.07. The molecule has 3 rings (SSSR count). The zero-order valence-electron chi connectivity index (χ0n) is 12.4. The largest absolute Gasteiger partial charge is 0.368 e. The Bertz CT molecular complexity index is 544. The monoisotopic (exact) mass is 302 g/mol. The van der Waals surface area contributed by atoms with Gasteiger partial charge in [0.05, 0.1) is 0 Å². The Kier molecular flexibility index (Phi) is 4.41. The predicted octanol–water partition coefficient (Wildman–Crippen LogP) is 2.88. The number of benzene rings is 1. The van der Waals surface area contributed by atoms with Gasteiger partial charge in [-0.2, -0.15) is 0 Å². The summed E-state index contributed by atoms with van der Waals surface area (Å²) in [6.07, 6.45) is 2.86. The molecular formula is C16H22N4S. The Morgan fingerprint density at radius 2 is 1.81 bits per heavy atom. The van der Waals surface area contributed by atoms with Crippen LogP contribution in [0.4, 0.5) is 10.8 Å². The lowest BCUT2D eigenvalue weighted by Crippen LogP contribution is -2.46. The highest BCUT2D eigenvalue weighted by Gasteiger charge is 2.18. The van der Waals surface area contributed by atoms with Gasteiger partial charge in [-0.05, 0) is 24.1 Å². The lowest BCUT2D eigenvalue weighted by molar-refractivity contribution is 0.651. The van der Waals surface area contributed by atoms with Crippen molar-refractivity contribution >= 4 is 22.2 Å². The molecule has 1 atom stereocenters. The lowest BCUT2D eigenvalue weighted by atomic mass is 10.0. The zero-order chi connectivity index (χ0) is 14.7. The van der Waals surface area contributed by atoms with Crippen LogP contribution in [0.3, 0.4) is 0 Å². The average Bonchev–Trinajstić information content (AvgIpc) is 3.09. The molecule has 112 valence electrons. The number of nitrogens with two attached hydrogens (primary N) is 1. The summed E-state index contributed by atoms with van der Waals surface area (Å²) in [6, 6.07) is 8.88. The average molecular weight is 302 g/mol. The van der Waals surface area contributed by atoms with E-state index in [-0.39, 0.29) is 6.04 Å². The third-order valence-corrected chi connectivity index (χ3v) is 4.93. The second kappa shape index (κ2) is 6.45. The molecule has 0 bridgehead atoms. The molecule has 0 amide bonds. The summed E-state index contributed by atoms with van der Waals surface area (Å²) >= 11 is 1.72. The fourth-order valence-corrected chi connectivity index (χ4v) is 3.39. The highest BCUT2D eigenvalue weighted by atomic mass is 32.1. The van der Waals surface area contributed by atoms with E-state index in [1.165, 1.54) is 11.3 Å². The van der Waals surface area contributed by atoms with Crippen LogP contribution in [0.1, 0.15) is 24.9 Å². The van der Waals surface area contributed by atoms with Crippen LogP contribution in [-0.4, -0.2) is 31.2 Å². The summed E-state index contributed by atoms with van der Waals surface area (Å²) < 4.78 is 0. The van der Waals surface area contributed by atoms with Crippen molar-refractivity contribution in [2.45, 2.75) is 19.4 Å². The number of hydrogen-bond acceptors (Lipinski definition) is 5. The fourth-order valence-electron chi connectivity index (χ4n) is 2.70. The minimum atomic E-state index is 0.154. The molecule has 5 heteroatoms. The Labute approximate surface area is 130 Å². The van der Waals surface area contributed by atoms with E-state index in [1.807, 2.05) is 11.6 Å². The molecule has 0 radical (unpaired) electrons. The molecule has 1 aromatic carbocycles. The quantitative estimate of drug-likeness (QED) is 0.943. The molecule has 0 spiro atoms. The molecule has 1 unspecified atom stereocenters. The van der Waals surface area contributed by atoms with Crippen molar-refractivity contribution in [3.8, 4) is 0 Å². The topological polar surface area (TPSA) is 45.4 Å². The molecule has 21 heavy (non-hydrogen) atoms. The van der Waals surface area contributed by atoms with Crippen LogP contribution in [0.25, 0.3) is 0 Å². The van der Waals surface area contributed by atoms with E-state index < -0.39 is 0 Å². The summed E-state index contributed by atoms with van der Waals surface area (Å²) in [4.78, 5) is 9.19. The van der Waals surface area contributed by atoms with Gasteiger partial charge in [0.15, 0.2) is 5.13 Å². The van der Waals surface area contributed by atoms with Gasteiger partial charge in [0.1, 0.15) is 0 Å². The maximum Gasteiger partial charge on any atom is 0.185 e. The highest BCUT2D eigenvalue weighted by molar-refractivity contribution is 7.13. The molecule has 4 nitrogen and oxygen atoms in total. The zero-order valence-corrected chi connectivity index (χ0v) is 13.2. The van der Waals surface area contributed by atoms with Crippen molar-refractivity contribution < 1.29 is 0 Å². The van der Waals surface area contributed by atoms with Crippen molar-refractivity contribution in [3.05, 3.63) is 41.4 Å². The van der Waals surface area contributed by atoms with Gasteiger partial charge >= 0.3 is 0 Å². The molecule has 2 N–H and O–H groups in total. The third kappa shape index (κ3) is 3.19. The number of nitrogens with zero attached hydrogens (tertiary/aromatic N) is 3. The van der Waals surface area contributed by atoms with Gasteiger partial charge in [-0.25, -0.2) is 4.98 Å². The molecule has 1 aliphatic heterocycles. The van der Waals surface area contributed by atoms with Crippen LogP contribution in [0, 0.1) is 0 Å². The standard InChI is InChI=1S/C16H22N4S/c1-2-15(17)13-3-5-14(6-4-13)19-8-10-20(11-9-19)16-18-7-12-21-16/h3-7,12,15H,2,8-11,17H2,1H3. The second-order valence-corrected chi connectivity index (χ2v) is 6.27. The first kappa shape index (κ1) is 14.4. The number of piperazine rings is 1. The summed E-state index contributed by atoms with van der Waals surface area (Å²) in [7, 11) is 0. The summed E-state index contributed by atoms with van der Waals surface area (Å²) in [5.74, 6) is 0. The van der Waals surface area contributed by atoms with Gasteiger partial charge < -0.3 is 15.5 Å². The molecule has 1 aliphatic rings. The molecule has 1 saturated heterocycles. The van der Waals surface area contributed by atoms with E-state index in [9.17, 15) is 0 Å². The Balaban J connectivity index is 1.61. The SMILES string of the molecule is CCC(N)c1ccc(N2CCN(c3nccs3)CC2)cc1. The number of aromatic nitrogens is 1. The number of rotatable bonds is 4. The number of hydrogen-bond donors (Lipinski definition) is 1. The highest BCUT2D eigenvalue weighted by Crippen LogP contribution is 2.23. The van der Waals surface area contributed by atoms with Gasteiger partial charge in [-0.15, -0.1) is 11.3 Å². The lowest BCUT2D eigenvalue weighted by Gasteiger charge is -2.36.